The van der Waals surface area contributed by atoms with E-state index in [1.54, 1.807) is 14.2 Å². The van der Waals surface area contributed by atoms with Crippen LogP contribution in [-0.4, -0.2) is 34.6 Å². The molecule has 1 N–H and O–H groups in total. The van der Waals surface area contributed by atoms with E-state index in [1.165, 1.54) is 0 Å². The van der Waals surface area contributed by atoms with Crippen molar-refractivity contribution in [3.8, 4) is 0 Å². The summed E-state index contributed by atoms with van der Waals surface area (Å²) in [4.78, 5) is 0. The highest BCUT2D eigenvalue weighted by atomic mass is 16.7. The molecule has 0 unspecified atom stereocenters. The minimum absolute atomic E-state index is 0.0648. The molecular formula is C6H17NO2. The van der Waals surface area contributed by atoms with Crippen molar-refractivity contribution in [3.63, 3.8) is 0 Å². The van der Waals surface area contributed by atoms with Gasteiger partial charge in [-0.3, -0.25) is 0 Å². The zero-order valence-corrected chi connectivity index (χ0v) is 6.89. The molecule has 0 aromatic rings. The third-order valence-corrected chi connectivity index (χ3v) is 0.664. The number of rotatable bonds is 2. The summed E-state index contributed by atoms with van der Waals surface area (Å²) in [6.45, 7) is 1.83. The zero-order chi connectivity index (χ0) is 7.70. The molecule has 0 aliphatic rings. The molecule has 58 valence electrons. The Morgan fingerprint density at radius 3 is 1.33 bits per heavy atom. The molecule has 3 heteroatoms. The van der Waals surface area contributed by atoms with Crippen LogP contribution in [-0.2, 0) is 9.47 Å². The van der Waals surface area contributed by atoms with Crippen molar-refractivity contribution in [3.05, 3.63) is 0 Å². The van der Waals surface area contributed by atoms with Crippen LogP contribution in [0, 0.1) is 0 Å². The topological polar surface area (TPSA) is 30.5 Å². The Bertz CT molecular complexity index is 38.0. The average molecular weight is 135 g/mol. The molecule has 0 heterocycles. The molecule has 0 atom stereocenters. The van der Waals surface area contributed by atoms with E-state index in [9.17, 15) is 0 Å². The molecule has 0 bridgehead atoms. The lowest BCUT2D eigenvalue weighted by molar-refractivity contribution is -0.0877. The van der Waals surface area contributed by atoms with Gasteiger partial charge in [0.25, 0.3) is 0 Å². The first-order valence-corrected chi connectivity index (χ1v) is 2.87. The second kappa shape index (κ2) is 10.8. The van der Waals surface area contributed by atoms with Crippen LogP contribution in [0.4, 0.5) is 0 Å². The molecular weight excluding hydrogens is 118 g/mol. The number of ether oxygens (including phenoxy) is 2. The van der Waals surface area contributed by atoms with Gasteiger partial charge in [0, 0.05) is 14.2 Å². The summed E-state index contributed by atoms with van der Waals surface area (Å²) in [5.74, 6) is 0. The van der Waals surface area contributed by atoms with Crippen LogP contribution in [0.25, 0.3) is 0 Å². The van der Waals surface area contributed by atoms with Gasteiger partial charge in [0.2, 0.25) is 0 Å². The highest BCUT2D eigenvalue weighted by molar-refractivity contribution is 4.17. The number of hydrogen-bond donors (Lipinski definition) is 1. The SMILES string of the molecule is CNC.COC(C)OC. The van der Waals surface area contributed by atoms with Gasteiger partial charge >= 0.3 is 0 Å². The molecule has 0 aliphatic heterocycles. The maximum absolute atomic E-state index is 4.68. The quantitative estimate of drug-likeness (QED) is 0.558. The van der Waals surface area contributed by atoms with Gasteiger partial charge < -0.3 is 14.8 Å². The molecule has 0 aromatic heterocycles. The van der Waals surface area contributed by atoms with Gasteiger partial charge in [-0.1, -0.05) is 0 Å². The monoisotopic (exact) mass is 135 g/mol. The highest BCUT2D eigenvalue weighted by Crippen LogP contribution is 1.82. The smallest absolute Gasteiger partial charge is 0.154 e. The molecule has 9 heavy (non-hydrogen) atoms. The minimum atomic E-state index is -0.0648. The molecule has 0 rings (SSSR count). The summed E-state index contributed by atoms with van der Waals surface area (Å²) in [6.07, 6.45) is -0.0648. The van der Waals surface area contributed by atoms with Crippen LogP contribution < -0.4 is 5.32 Å². The van der Waals surface area contributed by atoms with Crippen molar-refractivity contribution >= 4 is 0 Å². The first kappa shape index (κ1) is 11.6. The summed E-state index contributed by atoms with van der Waals surface area (Å²) in [7, 11) is 6.96. The number of hydrogen-bond acceptors (Lipinski definition) is 3. The predicted octanol–water partition coefficient (Wildman–Crippen LogP) is 0.461. The second-order valence-corrected chi connectivity index (χ2v) is 1.54. The lowest BCUT2D eigenvalue weighted by Crippen LogP contribution is -2.05. The van der Waals surface area contributed by atoms with Gasteiger partial charge in [0.15, 0.2) is 6.29 Å². The fourth-order valence-corrected chi connectivity index (χ4v) is 0.0962. The Labute approximate surface area is 57.3 Å². The predicted molar refractivity (Wildman–Crippen MR) is 38.5 cm³/mol. The van der Waals surface area contributed by atoms with E-state index in [1.807, 2.05) is 21.0 Å². The number of methoxy groups -OCH3 is 2. The Balaban J connectivity index is 0. The van der Waals surface area contributed by atoms with E-state index in [0.29, 0.717) is 0 Å². The van der Waals surface area contributed by atoms with Gasteiger partial charge in [-0.25, -0.2) is 0 Å². The van der Waals surface area contributed by atoms with E-state index in [-0.39, 0.29) is 6.29 Å². The largest absolute Gasteiger partial charge is 0.356 e. The minimum Gasteiger partial charge on any atom is -0.356 e. The van der Waals surface area contributed by atoms with Gasteiger partial charge in [-0.15, -0.1) is 0 Å². The molecule has 0 aromatic carbocycles. The van der Waals surface area contributed by atoms with Gasteiger partial charge in [0.1, 0.15) is 0 Å². The van der Waals surface area contributed by atoms with Crippen LogP contribution in [0.2, 0.25) is 0 Å². The van der Waals surface area contributed by atoms with E-state index in [4.69, 9.17) is 0 Å². The molecule has 0 aliphatic carbocycles. The van der Waals surface area contributed by atoms with Crippen molar-refractivity contribution in [2.24, 2.45) is 0 Å². The standard InChI is InChI=1S/C4H10O2.C2H7N/c1-4(5-2)6-3;1-3-2/h4H,1-3H3;3H,1-2H3. The first-order chi connectivity index (χ1) is 4.22. The lowest BCUT2D eigenvalue weighted by Gasteiger charge is -2.03. The van der Waals surface area contributed by atoms with Crippen molar-refractivity contribution in [1.82, 2.24) is 5.32 Å². The second-order valence-electron chi connectivity index (χ2n) is 1.54. The van der Waals surface area contributed by atoms with E-state index in [2.05, 4.69) is 14.8 Å². The molecule has 0 radical (unpaired) electrons. The lowest BCUT2D eigenvalue weighted by atomic mass is 10.8. The molecule has 0 spiro atoms. The third kappa shape index (κ3) is 18.1. The molecule has 0 amide bonds. The van der Waals surface area contributed by atoms with Crippen molar-refractivity contribution < 1.29 is 9.47 Å². The summed E-state index contributed by atoms with van der Waals surface area (Å²) in [6, 6.07) is 0. The normalized spacial score (nSPS) is 8.67. The third-order valence-electron chi connectivity index (χ3n) is 0.664. The molecule has 0 fully saturated rings. The van der Waals surface area contributed by atoms with E-state index < -0.39 is 0 Å². The van der Waals surface area contributed by atoms with Crippen LogP contribution in [0.15, 0.2) is 0 Å². The van der Waals surface area contributed by atoms with Crippen LogP contribution in [0.5, 0.6) is 0 Å². The van der Waals surface area contributed by atoms with E-state index in [0.717, 1.165) is 0 Å². The first-order valence-electron chi connectivity index (χ1n) is 2.87. The molecule has 0 saturated heterocycles. The summed E-state index contributed by atoms with van der Waals surface area (Å²) < 4.78 is 9.35. The van der Waals surface area contributed by atoms with Crippen molar-refractivity contribution in [1.29, 1.82) is 0 Å². The van der Waals surface area contributed by atoms with E-state index >= 15 is 0 Å². The Morgan fingerprint density at radius 2 is 1.33 bits per heavy atom. The van der Waals surface area contributed by atoms with Crippen LogP contribution in [0.1, 0.15) is 6.92 Å². The molecule has 0 saturated carbocycles. The average Bonchev–Trinajstić information content (AvgIpc) is 1.88. The van der Waals surface area contributed by atoms with Gasteiger partial charge in [-0.2, -0.15) is 0 Å². The Morgan fingerprint density at radius 1 is 1.11 bits per heavy atom. The Kier molecular flexibility index (Phi) is 14.0. The zero-order valence-electron chi connectivity index (χ0n) is 6.89. The summed E-state index contributed by atoms with van der Waals surface area (Å²) >= 11 is 0. The van der Waals surface area contributed by atoms with Gasteiger partial charge in [-0.05, 0) is 21.0 Å². The van der Waals surface area contributed by atoms with Crippen LogP contribution >= 0.6 is 0 Å². The number of nitrogens with one attached hydrogen (secondary N) is 1. The maximum Gasteiger partial charge on any atom is 0.154 e. The summed E-state index contributed by atoms with van der Waals surface area (Å²) in [5.41, 5.74) is 0. The van der Waals surface area contributed by atoms with Crippen molar-refractivity contribution in [2.45, 2.75) is 13.2 Å². The van der Waals surface area contributed by atoms with Gasteiger partial charge in [0.05, 0.1) is 0 Å². The fraction of sp³-hybridized carbons (Fsp3) is 1.00. The molecule has 3 nitrogen and oxygen atoms in total. The highest BCUT2D eigenvalue weighted by Gasteiger charge is 1.87. The van der Waals surface area contributed by atoms with Crippen LogP contribution in [0.3, 0.4) is 0 Å². The summed E-state index contributed by atoms with van der Waals surface area (Å²) in [5, 5.41) is 2.75. The van der Waals surface area contributed by atoms with Crippen molar-refractivity contribution in [2.75, 3.05) is 28.3 Å². The fourth-order valence-electron chi connectivity index (χ4n) is 0.0962. The Hall–Kier alpha value is -0.120. The maximum atomic E-state index is 4.68.